The van der Waals surface area contributed by atoms with Crippen LogP contribution in [0.25, 0.3) is 0 Å². The summed E-state index contributed by atoms with van der Waals surface area (Å²) in [6, 6.07) is 0. The van der Waals surface area contributed by atoms with Gasteiger partial charge in [0.15, 0.2) is 5.78 Å². The summed E-state index contributed by atoms with van der Waals surface area (Å²) in [5.74, 6) is 0.468. The Morgan fingerprint density at radius 1 is 1.50 bits per heavy atom. The van der Waals surface area contributed by atoms with Gasteiger partial charge in [-0.3, -0.25) is 4.79 Å². The van der Waals surface area contributed by atoms with Gasteiger partial charge in [-0.25, -0.2) is 0 Å². The molecule has 1 rings (SSSR count). The number of hydrogen-bond acceptors (Lipinski definition) is 1. The van der Waals surface area contributed by atoms with Crippen LogP contribution in [0.5, 0.6) is 0 Å². The lowest BCUT2D eigenvalue weighted by Crippen LogP contribution is -1.98. The molecule has 0 amide bonds. The fourth-order valence-corrected chi connectivity index (χ4v) is 0.906. The lowest BCUT2D eigenvalue weighted by atomic mass is 10.00. The van der Waals surface area contributed by atoms with Crippen molar-refractivity contribution in [1.82, 2.24) is 0 Å². The maximum absolute atomic E-state index is 10.6. The van der Waals surface area contributed by atoms with Gasteiger partial charge >= 0.3 is 0 Å². The predicted molar refractivity (Wildman–Crippen MR) is 41.6 cm³/mol. The smallest absolute Gasteiger partial charge is 0.178 e. The molecule has 0 atom stereocenters. The minimum absolute atomic E-state index is 0.0836. The van der Waals surface area contributed by atoms with Crippen molar-refractivity contribution in [2.45, 2.75) is 6.42 Å². The summed E-state index contributed by atoms with van der Waals surface area (Å²) in [7, 11) is 0. The Morgan fingerprint density at radius 2 is 2.10 bits per heavy atom. The molecule has 1 aliphatic rings. The van der Waals surface area contributed by atoms with Gasteiger partial charge in [0, 0.05) is 0 Å². The normalized spacial score (nSPS) is 17.8. The lowest BCUT2D eigenvalue weighted by molar-refractivity contribution is -0.110. The highest BCUT2D eigenvalue weighted by Gasteiger charge is 2.02. The van der Waals surface area contributed by atoms with Crippen molar-refractivity contribution in [3.63, 3.8) is 0 Å². The van der Waals surface area contributed by atoms with Gasteiger partial charge in [-0.15, -0.1) is 6.58 Å². The molecule has 10 heavy (non-hydrogen) atoms. The van der Waals surface area contributed by atoms with E-state index in [1.807, 2.05) is 18.2 Å². The molecule has 0 aliphatic heterocycles. The van der Waals surface area contributed by atoms with Crippen LogP contribution in [0, 0.1) is 5.92 Å². The summed E-state index contributed by atoms with van der Waals surface area (Å²) in [6.07, 6.45) is 9.80. The van der Waals surface area contributed by atoms with Crippen molar-refractivity contribution in [3.8, 4) is 0 Å². The molecule has 0 unspecified atom stereocenters. The summed E-state index contributed by atoms with van der Waals surface area (Å²) in [4.78, 5) is 10.6. The first-order valence-electron chi connectivity index (χ1n) is 3.34. The molecule has 0 aromatic rings. The van der Waals surface area contributed by atoms with Crippen molar-refractivity contribution in [2.24, 2.45) is 5.92 Å². The van der Waals surface area contributed by atoms with Gasteiger partial charge in [-0.05, 0) is 24.5 Å². The van der Waals surface area contributed by atoms with Crippen molar-refractivity contribution >= 4 is 5.78 Å². The highest BCUT2D eigenvalue weighted by molar-refractivity contribution is 6.00. The zero-order valence-corrected chi connectivity index (χ0v) is 5.79. The number of allylic oxidation sites excluding steroid dienone is 5. The summed E-state index contributed by atoms with van der Waals surface area (Å²) in [5, 5.41) is 0. The van der Waals surface area contributed by atoms with E-state index in [0.717, 1.165) is 6.42 Å². The van der Waals surface area contributed by atoms with E-state index < -0.39 is 0 Å². The molecule has 0 aromatic carbocycles. The molecule has 52 valence electrons. The molecule has 0 radical (unpaired) electrons. The van der Waals surface area contributed by atoms with E-state index in [9.17, 15) is 4.79 Å². The number of ketones is 1. The van der Waals surface area contributed by atoms with E-state index in [-0.39, 0.29) is 5.78 Å². The quantitative estimate of drug-likeness (QED) is 0.527. The fourth-order valence-electron chi connectivity index (χ4n) is 0.906. The first-order valence-corrected chi connectivity index (χ1v) is 3.34. The number of carbonyl (C=O) groups is 1. The Balaban J connectivity index is 2.53. The molecule has 0 heterocycles. The van der Waals surface area contributed by atoms with Crippen LogP contribution in [0.4, 0.5) is 0 Å². The standard InChI is InChI=1S/C9H10O/c1-2-3-8-4-6-9(10)7-5-8/h2,4-8H,1,3H2. The highest BCUT2D eigenvalue weighted by Crippen LogP contribution is 2.11. The van der Waals surface area contributed by atoms with Gasteiger partial charge in [-0.1, -0.05) is 18.2 Å². The Bertz CT molecular complexity index is 183. The van der Waals surface area contributed by atoms with Crippen molar-refractivity contribution in [2.75, 3.05) is 0 Å². The number of hydrogen-bond donors (Lipinski definition) is 0. The summed E-state index contributed by atoms with van der Waals surface area (Å²) >= 11 is 0. The second kappa shape index (κ2) is 3.16. The van der Waals surface area contributed by atoms with Crippen LogP contribution in [-0.4, -0.2) is 5.78 Å². The average molecular weight is 134 g/mol. The van der Waals surface area contributed by atoms with Crippen LogP contribution in [0.15, 0.2) is 37.0 Å². The molecule has 0 saturated carbocycles. The third kappa shape index (κ3) is 1.69. The van der Waals surface area contributed by atoms with Crippen LogP contribution >= 0.6 is 0 Å². The minimum atomic E-state index is 0.0836. The van der Waals surface area contributed by atoms with Gasteiger partial charge in [0.05, 0.1) is 0 Å². The van der Waals surface area contributed by atoms with E-state index in [0.29, 0.717) is 5.92 Å². The minimum Gasteiger partial charge on any atom is -0.290 e. The van der Waals surface area contributed by atoms with E-state index in [2.05, 4.69) is 6.58 Å². The van der Waals surface area contributed by atoms with E-state index in [1.165, 1.54) is 0 Å². The van der Waals surface area contributed by atoms with Crippen molar-refractivity contribution in [1.29, 1.82) is 0 Å². The molecule has 0 fully saturated rings. The van der Waals surface area contributed by atoms with Crippen LogP contribution in [-0.2, 0) is 4.79 Å². The van der Waals surface area contributed by atoms with Gasteiger partial charge in [0.1, 0.15) is 0 Å². The maximum Gasteiger partial charge on any atom is 0.178 e. The second-order valence-electron chi connectivity index (χ2n) is 2.31. The third-order valence-corrected chi connectivity index (χ3v) is 1.45. The van der Waals surface area contributed by atoms with Crippen LogP contribution < -0.4 is 0 Å². The Kier molecular flexibility index (Phi) is 2.21. The van der Waals surface area contributed by atoms with Gasteiger partial charge in [0.25, 0.3) is 0 Å². The zero-order valence-electron chi connectivity index (χ0n) is 5.79. The second-order valence-corrected chi connectivity index (χ2v) is 2.31. The fraction of sp³-hybridized carbons (Fsp3) is 0.222. The largest absolute Gasteiger partial charge is 0.290 e. The Labute approximate surface area is 60.7 Å². The van der Waals surface area contributed by atoms with Crippen molar-refractivity contribution in [3.05, 3.63) is 37.0 Å². The molecule has 0 bridgehead atoms. The highest BCUT2D eigenvalue weighted by atomic mass is 16.1. The molecule has 0 spiro atoms. The van der Waals surface area contributed by atoms with E-state index in [1.54, 1.807) is 12.2 Å². The van der Waals surface area contributed by atoms with E-state index in [4.69, 9.17) is 0 Å². The Morgan fingerprint density at radius 3 is 2.60 bits per heavy atom. The van der Waals surface area contributed by atoms with Crippen LogP contribution in [0.2, 0.25) is 0 Å². The van der Waals surface area contributed by atoms with Gasteiger partial charge < -0.3 is 0 Å². The van der Waals surface area contributed by atoms with Gasteiger partial charge in [0.2, 0.25) is 0 Å². The average Bonchev–Trinajstić information content (AvgIpc) is 1.95. The Hall–Kier alpha value is -1.11. The molecule has 1 heteroatoms. The van der Waals surface area contributed by atoms with E-state index >= 15 is 0 Å². The third-order valence-electron chi connectivity index (χ3n) is 1.45. The molecular weight excluding hydrogens is 124 g/mol. The molecule has 1 nitrogen and oxygen atoms in total. The molecule has 0 aromatic heterocycles. The summed E-state index contributed by atoms with van der Waals surface area (Å²) < 4.78 is 0. The zero-order chi connectivity index (χ0) is 7.40. The predicted octanol–water partition coefficient (Wildman–Crippen LogP) is 1.87. The SMILES string of the molecule is C=CCC1C=CC(=O)C=C1. The maximum atomic E-state index is 10.6. The first-order chi connectivity index (χ1) is 4.83. The van der Waals surface area contributed by atoms with Crippen molar-refractivity contribution < 1.29 is 4.79 Å². The molecule has 0 N–H and O–H groups in total. The number of rotatable bonds is 2. The van der Waals surface area contributed by atoms with Gasteiger partial charge in [-0.2, -0.15) is 0 Å². The van der Waals surface area contributed by atoms with Crippen LogP contribution in [0.1, 0.15) is 6.42 Å². The first kappa shape index (κ1) is 7.00. The molecule has 1 aliphatic carbocycles. The molecular formula is C9H10O. The topological polar surface area (TPSA) is 17.1 Å². The summed E-state index contributed by atoms with van der Waals surface area (Å²) in [6.45, 7) is 3.62. The molecule has 0 saturated heterocycles. The van der Waals surface area contributed by atoms with Crippen LogP contribution in [0.3, 0.4) is 0 Å². The number of carbonyl (C=O) groups excluding carboxylic acids is 1. The monoisotopic (exact) mass is 134 g/mol. The lowest BCUT2D eigenvalue weighted by Gasteiger charge is -2.05. The summed E-state index contributed by atoms with van der Waals surface area (Å²) in [5.41, 5.74) is 0.